The van der Waals surface area contributed by atoms with Crippen molar-refractivity contribution >= 4 is 55.7 Å². The summed E-state index contributed by atoms with van der Waals surface area (Å²) in [6.45, 7) is 11.3. The van der Waals surface area contributed by atoms with Crippen LogP contribution in [0.15, 0.2) is 152 Å². The van der Waals surface area contributed by atoms with E-state index < -0.39 is 0 Å². The van der Waals surface area contributed by atoms with Gasteiger partial charge in [0, 0.05) is 44.3 Å². The van der Waals surface area contributed by atoms with Crippen molar-refractivity contribution in [1.29, 1.82) is 0 Å². The third-order valence-corrected chi connectivity index (χ3v) is 9.99. The van der Waals surface area contributed by atoms with Gasteiger partial charge in [-0.3, -0.25) is 0 Å². The zero-order valence-corrected chi connectivity index (χ0v) is 30.1. The minimum absolute atomic E-state index is 0.467. The van der Waals surface area contributed by atoms with E-state index in [1.165, 1.54) is 49.6 Å². The molecule has 0 fully saturated rings. The van der Waals surface area contributed by atoms with Crippen molar-refractivity contribution in [3.63, 3.8) is 0 Å². The summed E-state index contributed by atoms with van der Waals surface area (Å²) in [6, 6.07) is 56.1. The van der Waals surface area contributed by atoms with Crippen LogP contribution in [0.25, 0.3) is 21.5 Å². The van der Waals surface area contributed by atoms with Gasteiger partial charge < -0.3 is 9.80 Å². The van der Waals surface area contributed by atoms with Crippen LogP contribution in [0.1, 0.15) is 76.0 Å². The van der Waals surface area contributed by atoms with Gasteiger partial charge >= 0.3 is 0 Å². The molecule has 0 aliphatic rings. The van der Waals surface area contributed by atoms with Gasteiger partial charge in [0.2, 0.25) is 0 Å². The first-order valence-electron chi connectivity index (χ1n) is 18.3. The number of anilines is 6. The first-order valence-corrected chi connectivity index (χ1v) is 18.3. The number of nitrogens with zero attached hydrogens (tertiary/aromatic N) is 2. The van der Waals surface area contributed by atoms with Crippen LogP contribution in [0.3, 0.4) is 0 Å². The molecule has 250 valence electrons. The Bertz CT molecular complexity index is 2180. The summed E-state index contributed by atoms with van der Waals surface area (Å²) < 4.78 is 0. The smallest absolute Gasteiger partial charge is 0.0622 e. The quantitative estimate of drug-likeness (QED) is 0.101. The van der Waals surface area contributed by atoms with E-state index in [9.17, 15) is 0 Å². The van der Waals surface area contributed by atoms with Crippen LogP contribution >= 0.6 is 0 Å². The van der Waals surface area contributed by atoms with Crippen molar-refractivity contribution in [2.24, 2.45) is 0 Å². The Morgan fingerprint density at radius 3 is 1.32 bits per heavy atom. The molecular weight excluding hydrogens is 605 g/mol. The summed E-state index contributed by atoms with van der Waals surface area (Å²) >= 11 is 0. The highest BCUT2D eigenvalue weighted by molar-refractivity contribution is 6.24. The topological polar surface area (TPSA) is 6.48 Å². The lowest BCUT2D eigenvalue weighted by Crippen LogP contribution is -2.15. The summed E-state index contributed by atoms with van der Waals surface area (Å²) in [4.78, 5) is 4.98. The van der Waals surface area contributed by atoms with E-state index in [4.69, 9.17) is 0 Å². The number of unbranched alkanes of at least 4 members (excludes halogenated alkanes) is 1. The molecule has 0 unspecified atom stereocenters. The van der Waals surface area contributed by atoms with Crippen molar-refractivity contribution in [2.75, 3.05) is 9.80 Å². The zero-order chi connectivity index (χ0) is 34.6. The Hall–Kier alpha value is -5.34. The maximum absolute atomic E-state index is 2.50. The Balaban J connectivity index is 1.61. The molecule has 0 bridgehead atoms. The number of para-hydroxylation sites is 2. The van der Waals surface area contributed by atoms with Gasteiger partial charge in [0.05, 0.1) is 11.4 Å². The number of hydrogen-bond acceptors (Lipinski definition) is 2. The summed E-state index contributed by atoms with van der Waals surface area (Å²) in [5, 5.41) is 5.02. The van der Waals surface area contributed by atoms with E-state index in [2.05, 4.69) is 196 Å². The summed E-state index contributed by atoms with van der Waals surface area (Å²) in [5.41, 5.74) is 11.1. The second-order valence-electron chi connectivity index (χ2n) is 14.0. The van der Waals surface area contributed by atoms with E-state index in [1.54, 1.807) is 0 Å². The molecule has 0 spiro atoms. The lowest BCUT2D eigenvalue weighted by atomic mass is 9.91. The molecule has 0 radical (unpaired) electrons. The van der Waals surface area contributed by atoms with Gasteiger partial charge in [-0.15, -0.1) is 0 Å². The monoisotopic (exact) mass is 652 g/mol. The van der Waals surface area contributed by atoms with E-state index in [0.717, 1.165) is 42.0 Å². The molecule has 0 atom stereocenters. The van der Waals surface area contributed by atoms with E-state index in [1.807, 2.05) is 0 Å². The van der Waals surface area contributed by atoms with Gasteiger partial charge in [0.15, 0.2) is 0 Å². The minimum atomic E-state index is 0.467. The number of benzene rings is 7. The Kier molecular flexibility index (Phi) is 9.72. The predicted octanol–water partition coefficient (Wildman–Crippen LogP) is 14.5. The highest BCUT2D eigenvalue weighted by Gasteiger charge is 2.26. The summed E-state index contributed by atoms with van der Waals surface area (Å²) in [5.74, 6) is 0.934. The van der Waals surface area contributed by atoms with Gasteiger partial charge in [0.1, 0.15) is 0 Å². The molecule has 2 nitrogen and oxygen atoms in total. The Labute approximate surface area is 298 Å². The van der Waals surface area contributed by atoms with Crippen molar-refractivity contribution in [1.82, 2.24) is 0 Å². The van der Waals surface area contributed by atoms with Gasteiger partial charge in [-0.2, -0.15) is 0 Å². The lowest BCUT2D eigenvalue weighted by molar-refractivity contribution is 0.799. The fraction of sp³-hybridized carbons (Fsp3) is 0.208. The molecule has 0 amide bonds. The molecule has 0 aromatic heterocycles. The molecule has 0 aliphatic carbocycles. The molecular formula is C48H48N2. The van der Waals surface area contributed by atoms with E-state index in [0.29, 0.717) is 11.8 Å². The van der Waals surface area contributed by atoms with Crippen LogP contribution in [0, 0.1) is 0 Å². The third kappa shape index (κ3) is 6.39. The van der Waals surface area contributed by atoms with Crippen molar-refractivity contribution in [3.8, 4) is 0 Å². The summed E-state index contributed by atoms with van der Waals surface area (Å²) in [7, 11) is 0. The summed E-state index contributed by atoms with van der Waals surface area (Å²) in [6.07, 6.45) is 3.29. The highest BCUT2D eigenvalue weighted by Crippen LogP contribution is 2.52. The van der Waals surface area contributed by atoms with Crippen molar-refractivity contribution < 1.29 is 0 Å². The largest absolute Gasteiger partial charge is 0.309 e. The number of fused-ring (bicyclic) bond motifs is 2. The molecule has 7 aromatic rings. The first-order chi connectivity index (χ1) is 24.5. The standard InChI is InChI=1S/C48H48N2/c1-6-7-17-38-18-16-25-45-46(38)48(50(40-21-12-9-13-22-40)42-32-28-37(29-33-42)35(4)5)44-24-15-14-23-43(44)47(45)49(39-19-10-8-11-20-39)41-30-26-36(27-31-41)34(2)3/h8-16,18-35H,6-7,17H2,1-5H3. The predicted molar refractivity (Wildman–Crippen MR) is 218 cm³/mol. The Morgan fingerprint density at radius 2 is 0.840 bits per heavy atom. The number of aryl methyl sites for hydroxylation is 1. The third-order valence-electron chi connectivity index (χ3n) is 9.99. The Morgan fingerprint density at radius 1 is 0.420 bits per heavy atom. The molecule has 7 aromatic carbocycles. The SMILES string of the molecule is CCCCc1cccc2c(N(c3ccccc3)c3ccc(C(C)C)cc3)c3ccccc3c(N(c3ccccc3)c3ccc(C(C)C)cc3)c12. The van der Waals surface area contributed by atoms with Gasteiger partial charge in [-0.25, -0.2) is 0 Å². The molecule has 2 heteroatoms. The number of hydrogen-bond donors (Lipinski definition) is 0. The molecule has 50 heavy (non-hydrogen) atoms. The van der Waals surface area contributed by atoms with E-state index in [-0.39, 0.29) is 0 Å². The first kappa shape index (κ1) is 33.2. The molecule has 0 aliphatic heterocycles. The maximum atomic E-state index is 2.50. The lowest BCUT2D eigenvalue weighted by Gasteiger charge is -2.33. The molecule has 0 saturated carbocycles. The van der Waals surface area contributed by atoms with Crippen molar-refractivity contribution in [2.45, 2.75) is 65.7 Å². The molecule has 0 saturated heterocycles. The molecule has 0 N–H and O–H groups in total. The highest BCUT2D eigenvalue weighted by atomic mass is 15.2. The fourth-order valence-corrected chi connectivity index (χ4v) is 7.29. The zero-order valence-electron chi connectivity index (χ0n) is 30.1. The van der Waals surface area contributed by atoms with Crippen LogP contribution in [-0.2, 0) is 6.42 Å². The van der Waals surface area contributed by atoms with Gasteiger partial charge in [-0.05, 0) is 89.9 Å². The maximum Gasteiger partial charge on any atom is 0.0622 e. The molecule has 7 rings (SSSR count). The van der Waals surface area contributed by atoms with Crippen LogP contribution in [0.5, 0.6) is 0 Å². The van der Waals surface area contributed by atoms with Crippen LogP contribution in [0.4, 0.5) is 34.1 Å². The minimum Gasteiger partial charge on any atom is -0.309 e. The number of rotatable bonds is 11. The van der Waals surface area contributed by atoms with Gasteiger partial charge in [0.25, 0.3) is 0 Å². The fourth-order valence-electron chi connectivity index (χ4n) is 7.29. The second kappa shape index (κ2) is 14.6. The molecule has 0 heterocycles. The second-order valence-corrected chi connectivity index (χ2v) is 14.0. The average molecular weight is 653 g/mol. The van der Waals surface area contributed by atoms with Crippen LogP contribution in [0.2, 0.25) is 0 Å². The van der Waals surface area contributed by atoms with Crippen LogP contribution in [-0.4, -0.2) is 0 Å². The van der Waals surface area contributed by atoms with E-state index >= 15 is 0 Å². The normalized spacial score (nSPS) is 11.5. The van der Waals surface area contributed by atoms with Crippen LogP contribution < -0.4 is 9.80 Å². The van der Waals surface area contributed by atoms with Gasteiger partial charge in [-0.1, -0.05) is 144 Å². The van der Waals surface area contributed by atoms with Crippen molar-refractivity contribution in [3.05, 3.63) is 168 Å². The average Bonchev–Trinajstić information content (AvgIpc) is 3.16.